The summed E-state index contributed by atoms with van der Waals surface area (Å²) < 4.78 is 26.3. The molecule has 1 aromatic carbocycles. The summed E-state index contributed by atoms with van der Waals surface area (Å²) in [6.07, 6.45) is 1.45. The zero-order chi connectivity index (χ0) is 15.5. The number of carbonyl (C=O) groups excluding carboxylic acids is 1. The number of carbonyl (C=O) groups is 1. The van der Waals surface area contributed by atoms with Gasteiger partial charge in [0.15, 0.2) is 0 Å². The van der Waals surface area contributed by atoms with Crippen molar-refractivity contribution in [3.8, 4) is 0 Å². The van der Waals surface area contributed by atoms with Crippen LogP contribution in [0.4, 0.5) is 5.69 Å². The molecule has 1 aromatic rings. The lowest BCUT2D eigenvalue weighted by molar-refractivity contribution is -0.120. The molecule has 0 aromatic heterocycles. The normalized spacial score (nSPS) is 20.2. The van der Waals surface area contributed by atoms with Gasteiger partial charge >= 0.3 is 0 Å². The molecule has 2 rings (SSSR count). The molecule has 5 nitrogen and oxygen atoms in total. The number of piperidine rings is 1. The van der Waals surface area contributed by atoms with Crippen molar-refractivity contribution in [3.05, 3.63) is 27.8 Å². The summed E-state index contributed by atoms with van der Waals surface area (Å²) in [6, 6.07) is 7.56. The van der Waals surface area contributed by atoms with E-state index < -0.39 is 10.0 Å². The number of amides is 1. The van der Waals surface area contributed by atoms with Crippen LogP contribution in [0.2, 0.25) is 0 Å². The van der Waals surface area contributed by atoms with Crippen molar-refractivity contribution in [2.45, 2.75) is 19.8 Å². The van der Waals surface area contributed by atoms with Gasteiger partial charge in [-0.25, -0.2) is 12.7 Å². The second kappa shape index (κ2) is 7.06. The Balaban J connectivity index is 2.02. The molecule has 1 atom stereocenters. The van der Waals surface area contributed by atoms with Crippen LogP contribution in [0.5, 0.6) is 0 Å². The smallest absolute Gasteiger partial charge is 0.228 e. The Morgan fingerprint density at radius 3 is 2.90 bits per heavy atom. The molecule has 0 unspecified atom stereocenters. The molecule has 0 bridgehead atoms. The molecule has 1 amide bonds. The Kier molecular flexibility index (Phi) is 5.61. The van der Waals surface area contributed by atoms with Crippen LogP contribution in [0.1, 0.15) is 19.8 Å². The van der Waals surface area contributed by atoms with Crippen molar-refractivity contribution in [2.75, 3.05) is 24.2 Å². The number of sulfonamides is 1. The van der Waals surface area contributed by atoms with Gasteiger partial charge in [0.2, 0.25) is 15.9 Å². The van der Waals surface area contributed by atoms with E-state index in [1.165, 1.54) is 4.31 Å². The molecule has 1 fully saturated rings. The summed E-state index contributed by atoms with van der Waals surface area (Å²) in [6.45, 7) is 2.43. The number of nitrogens with zero attached hydrogens (tertiary/aromatic N) is 1. The molecule has 1 heterocycles. The first-order valence-corrected chi connectivity index (χ1v) is 9.65. The van der Waals surface area contributed by atoms with Crippen LogP contribution in [0.25, 0.3) is 0 Å². The second-order valence-electron chi connectivity index (χ2n) is 5.10. The summed E-state index contributed by atoms with van der Waals surface area (Å²) in [7, 11) is -3.22. The van der Waals surface area contributed by atoms with E-state index >= 15 is 0 Å². The van der Waals surface area contributed by atoms with Gasteiger partial charge in [-0.2, -0.15) is 0 Å². The molecule has 1 aliphatic heterocycles. The lowest BCUT2D eigenvalue weighted by Crippen LogP contribution is -2.44. The van der Waals surface area contributed by atoms with E-state index in [1.54, 1.807) is 6.92 Å². The van der Waals surface area contributed by atoms with E-state index in [9.17, 15) is 13.2 Å². The molecule has 1 N–H and O–H groups in total. The quantitative estimate of drug-likeness (QED) is 0.758. The molecule has 0 radical (unpaired) electrons. The fraction of sp³-hybridized carbons (Fsp3) is 0.500. The lowest BCUT2D eigenvalue weighted by atomic mass is 9.99. The summed E-state index contributed by atoms with van der Waals surface area (Å²) >= 11 is 2.19. The van der Waals surface area contributed by atoms with Crippen LogP contribution in [0, 0.1) is 9.49 Å². The number of hydrogen-bond donors (Lipinski definition) is 1. The molecule has 0 saturated carbocycles. The van der Waals surface area contributed by atoms with Crippen molar-refractivity contribution in [2.24, 2.45) is 5.92 Å². The maximum atomic E-state index is 12.3. The Hall–Kier alpha value is -0.670. The molecule has 21 heavy (non-hydrogen) atoms. The number of hydrogen-bond acceptors (Lipinski definition) is 3. The molecular weight excluding hydrogens is 403 g/mol. The summed E-state index contributed by atoms with van der Waals surface area (Å²) in [5.74, 6) is -0.302. The third-order valence-electron chi connectivity index (χ3n) is 3.61. The predicted molar refractivity (Wildman–Crippen MR) is 91.5 cm³/mol. The van der Waals surface area contributed by atoms with Gasteiger partial charge < -0.3 is 5.32 Å². The standard InChI is InChI=1S/C14H19IN2O3S/c1-2-21(19,20)17-8-4-5-11(10-17)14(18)16-13-7-3-6-12(15)9-13/h3,6-7,9,11H,2,4-5,8,10H2,1H3,(H,16,18)/t11-/m0/s1. The van der Waals surface area contributed by atoms with Crippen LogP contribution >= 0.6 is 22.6 Å². The van der Waals surface area contributed by atoms with Gasteiger partial charge in [-0.05, 0) is 60.6 Å². The minimum absolute atomic E-state index is 0.0816. The van der Waals surface area contributed by atoms with Crippen molar-refractivity contribution in [1.29, 1.82) is 0 Å². The van der Waals surface area contributed by atoms with E-state index in [1.807, 2.05) is 24.3 Å². The molecule has 1 aliphatic rings. The highest BCUT2D eigenvalue weighted by atomic mass is 127. The van der Waals surface area contributed by atoms with Gasteiger partial charge in [-0.15, -0.1) is 0 Å². The molecule has 0 spiro atoms. The topological polar surface area (TPSA) is 66.5 Å². The van der Waals surface area contributed by atoms with Crippen molar-refractivity contribution < 1.29 is 13.2 Å². The van der Waals surface area contributed by atoms with Crippen molar-refractivity contribution >= 4 is 44.2 Å². The Bertz CT molecular complexity index is 618. The summed E-state index contributed by atoms with van der Waals surface area (Å²) in [4.78, 5) is 12.3. The maximum Gasteiger partial charge on any atom is 0.228 e. The summed E-state index contributed by atoms with van der Waals surface area (Å²) in [5, 5.41) is 2.88. The fourth-order valence-electron chi connectivity index (χ4n) is 2.40. The predicted octanol–water partition coefficient (Wildman–Crippen LogP) is 2.29. The molecule has 7 heteroatoms. The average molecular weight is 422 g/mol. The van der Waals surface area contributed by atoms with Gasteiger partial charge in [0, 0.05) is 22.3 Å². The van der Waals surface area contributed by atoms with Crippen LogP contribution < -0.4 is 5.32 Å². The minimum Gasteiger partial charge on any atom is -0.326 e. The highest BCUT2D eigenvalue weighted by Crippen LogP contribution is 2.21. The summed E-state index contributed by atoms with van der Waals surface area (Å²) in [5.41, 5.74) is 0.752. The number of halogens is 1. The maximum absolute atomic E-state index is 12.3. The first-order chi connectivity index (χ1) is 9.92. The van der Waals surface area contributed by atoms with Crippen LogP contribution in [0.3, 0.4) is 0 Å². The molecular formula is C14H19IN2O3S. The second-order valence-corrected chi connectivity index (χ2v) is 8.60. The zero-order valence-corrected chi connectivity index (χ0v) is 14.9. The van der Waals surface area contributed by atoms with Gasteiger partial charge in [-0.3, -0.25) is 4.79 Å². The number of rotatable bonds is 4. The third kappa shape index (κ3) is 4.40. The van der Waals surface area contributed by atoms with Gasteiger partial charge in [-0.1, -0.05) is 6.07 Å². The van der Waals surface area contributed by atoms with E-state index in [2.05, 4.69) is 27.9 Å². The molecule has 0 aliphatic carbocycles. The highest BCUT2D eigenvalue weighted by Gasteiger charge is 2.31. The average Bonchev–Trinajstić information content (AvgIpc) is 2.47. The van der Waals surface area contributed by atoms with Crippen molar-refractivity contribution in [3.63, 3.8) is 0 Å². The number of nitrogens with one attached hydrogen (secondary N) is 1. The highest BCUT2D eigenvalue weighted by molar-refractivity contribution is 14.1. The van der Waals surface area contributed by atoms with Crippen LogP contribution in [-0.4, -0.2) is 37.5 Å². The van der Waals surface area contributed by atoms with E-state index in [0.29, 0.717) is 6.54 Å². The Morgan fingerprint density at radius 2 is 2.24 bits per heavy atom. The minimum atomic E-state index is -3.22. The largest absolute Gasteiger partial charge is 0.326 e. The van der Waals surface area contributed by atoms with Gasteiger partial charge in [0.25, 0.3) is 0 Å². The van der Waals surface area contributed by atoms with Gasteiger partial charge in [0.05, 0.1) is 11.7 Å². The zero-order valence-electron chi connectivity index (χ0n) is 11.9. The first kappa shape index (κ1) is 16.7. The van der Waals surface area contributed by atoms with E-state index in [-0.39, 0.29) is 24.1 Å². The van der Waals surface area contributed by atoms with E-state index in [0.717, 1.165) is 22.1 Å². The molecule has 1 saturated heterocycles. The Labute approximate surface area is 139 Å². The monoisotopic (exact) mass is 422 g/mol. The fourth-order valence-corrected chi connectivity index (χ4v) is 4.12. The van der Waals surface area contributed by atoms with Crippen LogP contribution in [-0.2, 0) is 14.8 Å². The lowest BCUT2D eigenvalue weighted by Gasteiger charge is -2.30. The van der Waals surface area contributed by atoms with Crippen LogP contribution in [0.15, 0.2) is 24.3 Å². The van der Waals surface area contributed by atoms with Gasteiger partial charge in [0.1, 0.15) is 0 Å². The first-order valence-electron chi connectivity index (χ1n) is 6.96. The third-order valence-corrected chi connectivity index (χ3v) is 6.12. The SMILES string of the molecule is CCS(=O)(=O)N1CCC[C@H](C(=O)Nc2cccc(I)c2)C1. The van der Waals surface area contributed by atoms with E-state index in [4.69, 9.17) is 0 Å². The Morgan fingerprint density at radius 1 is 1.48 bits per heavy atom. The molecule has 116 valence electrons. The number of benzene rings is 1. The number of anilines is 1. The van der Waals surface area contributed by atoms with Crippen molar-refractivity contribution in [1.82, 2.24) is 4.31 Å².